The number of benzene rings is 1. The molecule has 0 radical (unpaired) electrons. The SMILES string of the molecule is CC(C)OC(=O)c1cc(-n2c(=O)cc(C(F)(F)F)n(C)c2=O)ccc1Cl.CSC(=O)c1c(C(F)F)nc(C(F)(F)F)c(C(=O)SC)c1CC(C)C. The van der Waals surface area contributed by atoms with E-state index in [0.29, 0.717) is 38.7 Å². The van der Waals surface area contributed by atoms with Crippen LogP contribution in [0.25, 0.3) is 5.69 Å². The average molecular weight is 792 g/mol. The van der Waals surface area contributed by atoms with Crippen molar-refractivity contribution in [3.8, 4) is 5.69 Å². The first kappa shape index (κ1) is 43.5. The molecular formula is C31H30ClF8N3O6S2. The number of pyridine rings is 1. The van der Waals surface area contributed by atoms with Gasteiger partial charge in [-0.15, -0.1) is 0 Å². The van der Waals surface area contributed by atoms with Crippen molar-refractivity contribution in [2.45, 2.75) is 59.0 Å². The Morgan fingerprint density at radius 1 is 0.902 bits per heavy atom. The highest BCUT2D eigenvalue weighted by Crippen LogP contribution is 2.39. The monoisotopic (exact) mass is 791 g/mol. The van der Waals surface area contributed by atoms with Crippen molar-refractivity contribution in [1.82, 2.24) is 14.1 Å². The molecule has 1 aromatic carbocycles. The van der Waals surface area contributed by atoms with Gasteiger partial charge in [0.25, 0.3) is 12.0 Å². The van der Waals surface area contributed by atoms with Gasteiger partial charge in [-0.3, -0.25) is 19.0 Å². The lowest BCUT2D eigenvalue weighted by molar-refractivity contribution is -0.144. The predicted molar refractivity (Wildman–Crippen MR) is 176 cm³/mol. The highest BCUT2D eigenvalue weighted by Gasteiger charge is 2.42. The Balaban J connectivity index is 0.000000354. The number of nitrogens with zero attached hydrogens (tertiary/aromatic N) is 3. The molecule has 0 bridgehead atoms. The summed E-state index contributed by atoms with van der Waals surface area (Å²) in [5.41, 5.74) is -8.63. The summed E-state index contributed by atoms with van der Waals surface area (Å²) in [7, 11) is 0.894. The minimum Gasteiger partial charge on any atom is -0.459 e. The molecule has 0 saturated heterocycles. The largest absolute Gasteiger partial charge is 0.459 e. The van der Waals surface area contributed by atoms with E-state index in [0.717, 1.165) is 13.1 Å². The molecule has 0 unspecified atom stereocenters. The smallest absolute Gasteiger partial charge is 0.434 e. The number of aromatic nitrogens is 3. The van der Waals surface area contributed by atoms with Crippen LogP contribution in [0.2, 0.25) is 5.02 Å². The zero-order chi connectivity index (χ0) is 39.3. The number of carbonyl (C=O) groups excluding carboxylic acids is 3. The molecule has 0 atom stereocenters. The Morgan fingerprint density at radius 2 is 1.45 bits per heavy atom. The fraction of sp³-hybridized carbons (Fsp3) is 0.419. The Morgan fingerprint density at radius 3 is 1.90 bits per heavy atom. The zero-order valence-corrected chi connectivity index (χ0v) is 30.1. The Hall–Kier alpha value is -3.71. The molecule has 0 aliphatic heterocycles. The molecule has 280 valence electrons. The molecule has 0 spiro atoms. The lowest BCUT2D eigenvalue weighted by atomic mass is 9.92. The number of alkyl halides is 8. The summed E-state index contributed by atoms with van der Waals surface area (Å²) in [5.74, 6) is -1.06. The van der Waals surface area contributed by atoms with Gasteiger partial charge in [0.1, 0.15) is 11.4 Å². The van der Waals surface area contributed by atoms with Gasteiger partial charge in [-0.25, -0.2) is 27.9 Å². The van der Waals surface area contributed by atoms with Crippen molar-refractivity contribution >= 4 is 51.3 Å². The summed E-state index contributed by atoms with van der Waals surface area (Å²) < 4.78 is 111. The van der Waals surface area contributed by atoms with Gasteiger partial charge < -0.3 is 4.74 Å². The second-order valence-corrected chi connectivity index (χ2v) is 13.1. The second kappa shape index (κ2) is 17.2. The van der Waals surface area contributed by atoms with Gasteiger partial charge in [-0.1, -0.05) is 49.0 Å². The molecule has 20 heteroatoms. The summed E-state index contributed by atoms with van der Waals surface area (Å²) in [6.07, 6.45) is -11.3. The van der Waals surface area contributed by atoms with E-state index >= 15 is 0 Å². The predicted octanol–water partition coefficient (Wildman–Crippen LogP) is 8.02. The molecule has 2 heterocycles. The fourth-order valence-corrected chi connectivity index (χ4v) is 5.55. The van der Waals surface area contributed by atoms with E-state index in [-0.39, 0.29) is 34.2 Å². The summed E-state index contributed by atoms with van der Waals surface area (Å²) in [4.78, 5) is 63.7. The zero-order valence-electron chi connectivity index (χ0n) is 27.8. The summed E-state index contributed by atoms with van der Waals surface area (Å²) in [6.45, 7) is 6.53. The van der Waals surface area contributed by atoms with Gasteiger partial charge in [0.2, 0.25) is 10.2 Å². The first-order valence-electron chi connectivity index (χ1n) is 14.4. The third-order valence-corrected chi connectivity index (χ3v) is 8.06. The van der Waals surface area contributed by atoms with Crippen LogP contribution in [0.3, 0.4) is 0 Å². The van der Waals surface area contributed by atoms with Crippen LogP contribution >= 0.6 is 35.1 Å². The molecule has 0 N–H and O–H groups in total. The molecule has 0 fully saturated rings. The summed E-state index contributed by atoms with van der Waals surface area (Å²) in [5, 5.41) is -1.80. The van der Waals surface area contributed by atoms with Gasteiger partial charge in [-0.2, -0.15) is 26.3 Å². The second-order valence-electron chi connectivity index (χ2n) is 11.1. The van der Waals surface area contributed by atoms with E-state index in [1.807, 2.05) is 0 Å². The molecule has 2 aromatic heterocycles. The Kier molecular flexibility index (Phi) is 14.7. The molecule has 0 saturated carbocycles. The number of thioether (sulfide) groups is 2. The van der Waals surface area contributed by atoms with Crippen molar-refractivity contribution in [3.05, 3.63) is 89.5 Å². The topological polar surface area (TPSA) is 117 Å². The lowest BCUT2D eigenvalue weighted by Gasteiger charge is -2.21. The van der Waals surface area contributed by atoms with Crippen LogP contribution in [0.5, 0.6) is 0 Å². The molecule has 0 amide bonds. The van der Waals surface area contributed by atoms with Gasteiger partial charge >= 0.3 is 24.0 Å². The van der Waals surface area contributed by atoms with E-state index in [2.05, 4.69) is 4.98 Å². The van der Waals surface area contributed by atoms with E-state index < -0.39 is 80.5 Å². The first-order chi connectivity index (χ1) is 23.4. The number of hydrogen-bond acceptors (Lipinski definition) is 9. The maximum atomic E-state index is 13.4. The minimum absolute atomic E-state index is 0.0104. The van der Waals surface area contributed by atoms with Crippen molar-refractivity contribution < 1.29 is 54.2 Å². The van der Waals surface area contributed by atoms with Crippen molar-refractivity contribution in [1.29, 1.82) is 0 Å². The summed E-state index contributed by atoms with van der Waals surface area (Å²) >= 11 is 7.03. The van der Waals surface area contributed by atoms with E-state index in [1.54, 1.807) is 27.7 Å². The standard InChI is InChI=1S/C16H14ClF3N2O4.C15H16F5NO2S2/c1-8(2)26-14(24)10-6-9(4-5-11(10)17)22-13(23)7-12(16(18,19)20)21(3)15(22)25;1-6(2)5-7-8(13(22)24-3)10(12(16)17)21-11(15(18,19)20)9(7)14(23)25-4/h4-8H,1-3H3;6,12H,5H2,1-4H3. The highest BCUT2D eigenvalue weighted by molar-refractivity contribution is 8.13. The number of esters is 1. The average Bonchev–Trinajstić information content (AvgIpc) is 3.00. The molecule has 3 rings (SSSR count). The van der Waals surface area contributed by atoms with Crippen LogP contribution < -0.4 is 11.2 Å². The van der Waals surface area contributed by atoms with E-state index in [4.69, 9.17) is 16.3 Å². The normalized spacial score (nSPS) is 11.9. The first-order valence-corrected chi connectivity index (χ1v) is 17.2. The van der Waals surface area contributed by atoms with Gasteiger partial charge in [-0.05, 0) is 62.5 Å². The quantitative estimate of drug-likeness (QED) is 0.165. The van der Waals surface area contributed by atoms with Gasteiger partial charge in [0.15, 0.2) is 5.69 Å². The third kappa shape index (κ3) is 10.4. The number of carbonyl (C=O) groups is 3. The molecule has 9 nitrogen and oxygen atoms in total. The van der Waals surface area contributed by atoms with Crippen molar-refractivity contribution in [2.24, 2.45) is 13.0 Å². The molecule has 0 aliphatic rings. The van der Waals surface area contributed by atoms with E-state index in [1.165, 1.54) is 24.6 Å². The Labute approximate surface area is 298 Å². The fourth-order valence-electron chi connectivity index (χ4n) is 4.50. The van der Waals surface area contributed by atoms with Crippen LogP contribution in [0.15, 0.2) is 33.9 Å². The number of hydrogen-bond donors (Lipinski definition) is 0. The van der Waals surface area contributed by atoms with Gasteiger partial charge in [0.05, 0.1) is 33.5 Å². The van der Waals surface area contributed by atoms with Crippen LogP contribution in [-0.4, -0.2) is 48.9 Å². The molecule has 0 aliphatic carbocycles. The maximum absolute atomic E-state index is 13.4. The van der Waals surface area contributed by atoms with E-state index in [9.17, 15) is 59.1 Å². The molecule has 3 aromatic rings. The van der Waals surface area contributed by atoms with Crippen molar-refractivity contribution in [2.75, 3.05) is 12.5 Å². The molecular weight excluding hydrogens is 762 g/mol. The number of ether oxygens (including phenoxy) is 1. The van der Waals surface area contributed by atoms with Crippen LogP contribution in [-0.2, 0) is 30.6 Å². The highest BCUT2D eigenvalue weighted by atomic mass is 35.5. The number of halogens is 9. The maximum Gasteiger partial charge on any atom is 0.434 e. The summed E-state index contributed by atoms with van der Waals surface area (Å²) in [6, 6.07) is 3.91. The Bertz CT molecular complexity index is 1930. The third-order valence-electron chi connectivity index (χ3n) is 6.58. The van der Waals surface area contributed by atoms with Gasteiger partial charge in [0, 0.05) is 13.1 Å². The van der Waals surface area contributed by atoms with Crippen LogP contribution in [0.1, 0.15) is 87.8 Å². The minimum atomic E-state index is -5.10. The molecule has 51 heavy (non-hydrogen) atoms. The lowest BCUT2D eigenvalue weighted by Crippen LogP contribution is -2.40. The van der Waals surface area contributed by atoms with Crippen LogP contribution in [0.4, 0.5) is 35.1 Å². The van der Waals surface area contributed by atoms with Crippen LogP contribution in [0, 0.1) is 5.92 Å². The van der Waals surface area contributed by atoms with Crippen molar-refractivity contribution in [3.63, 3.8) is 0 Å². The number of rotatable bonds is 8.